The number of hydrogen-bond acceptors (Lipinski definition) is 5. The molecular weight excluding hydrogens is 332 g/mol. The third-order valence-electron chi connectivity index (χ3n) is 4.55. The van der Waals surface area contributed by atoms with Crippen molar-refractivity contribution in [3.8, 4) is 0 Å². The van der Waals surface area contributed by atoms with Crippen LogP contribution in [0.2, 0.25) is 0 Å². The molecule has 3 heterocycles. The first-order valence-electron chi connectivity index (χ1n) is 8.59. The molecule has 1 amide bonds. The summed E-state index contributed by atoms with van der Waals surface area (Å²) in [5.41, 5.74) is 2.89. The first-order valence-corrected chi connectivity index (χ1v) is 9.47. The number of hydrogen-bond donors (Lipinski definition) is 0. The SMILES string of the molecule is CCc1nc2ccccc2nc1N1CCN(C(=O)c2cccs2)CC1. The molecule has 1 saturated heterocycles. The van der Waals surface area contributed by atoms with E-state index in [4.69, 9.17) is 9.97 Å². The standard InChI is InChI=1S/C19H20N4OS/c1-2-14-18(21-16-7-4-3-6-15(16)20-14)22-9-11-23(12-10-22)19(24)17-8-5-13-25-17/h3-8,13H,2,9-12H2,1H3. The van der Waals surface area contributed by atoms with Gasteiger partial charge in [0, 0.05) is 26.2 Å². The van der Waals surface area contributed by atoms with Crippen LogP contribution >= 0.6 is 11.3 Å². The third kappa shape index (κ3) is 3.09. The smallest absolute Gasteiger partial charge is 0.264 e. The van der Waals surface area contributed by atoms with E-state index in [9.17, 15) is 4.79 Å². The molecule has 3 aromatic rings. The van der Waals surface area contributed by atoms with Gasteiger partial charge >= 0.3 is 0 Å². The Balaban J connectivity index is 1.54. The molecule has 6 heteroatoms. The highest BCUT2D eigenvalue weighted by atomic mass is 32.1. The number of amides is 1. The molecule has 0 saturated carbocycles. The zero-order valence-corrected chi connectivity index (χ0v) is 15.0. The van der Waals surface area contributed by atoms with E-state index >= 15 is 0 Å². The lowest BCUT2D eigenvalue weighted by atomic mass is 10.2. The van der Waals surface area contributed by atoms with Crippen molar-refractivity contribution in [1.29, 1.82) is 0 Å². The Kier molecular flexibility index (Phi) is 4.36. The average Bonchev–Trinajstić information content (AvgIpc) is 3.21. The highest BCUT2D eigenvalue weighted by Crippen LogP contribution is 2.23. The zero-order chi connectivity index (χ0) is 17.2. The normalized spacial score (nSPS) is 14.9. The zero-order valence-electron chi connectivity index (χ0n) is 14.2. The summed E-state index contributed by atoms with van der Waals surface area (Å²) >= 11 is 1.50. The van der Waals surface area contributed by atoms with Crippen LogP contribution in [0.5, 0.6) is 0 Å². The monoisotopic (exact) mass is 352 g/mol. The maximum Gasteiger partial charge on any atom is 0.264 e. The molecule has 0 radical (unpaired) electrons. The Labute approximate surface area is 150 Å². The van der Waals surface area contributed by atoms with E-state index in [-0.39, 0.29) is 5.91 Å². The van der Waals surface area contributed by atoms with Gasteiger partial charge in [0.25, 0.3) is 5.91 Å². The quantitative estimate of drug-likeness (QED) is 0.726. The van der Waals surface area contributed by atoms with Crippen LogP contribution in [0, 0.1) is 0 Å². The van der Waals surface area contributed by atoms with Crippen molar-refractivity contribution >= 4 is 34.1 Å². The first-order chi connectivity index (χ1) is 12.3. The predicted molar refractivity (Wildman–Crippen MR) is 101 cm³/mol. The molecule has 0 N–H and O–H groups in total. The summed E-state index contributed by atoms with van der Waals surface area (Å²) in [5.74, 6) is 1.10. The molecule has 0 atom stereocenters. The van der Waals surface area contributed by atoms with Gasteiger partial charge in [0.05, 0.1) is 21.6 Å². The summed E-state index contributed by atoms with van der Waals surface area (Å²) < 4.78 is 0. The first kappa shape index (κ1) is 16.0. The molecule has 0 spiro atoms. The number of rotatable bonds is 3. The number of piperazine rings is 1. The minimum Gasteiger partial charge on any atom is -0.352 e. The van der Waals surface area contributed by atoms with Gasteiger partial charge in [-0.05, 0) is 30.0 Å². The van der Waals surface area contributed by atoms with Crippen molar-refractivity contribution in [2.24, 2.45) is 0 Å². The Morgan fingerprint density at radius 1 is 1.04 bits per heavy atom. The fourth-order valence-electron chi connectivity index (χ4n) is 3.20. The van der Waals surface area contributed by atoms with Gasteiger partial charge < -0.3 is 9.80 Å². The third-order valence-corrected chi connectivity index (χ3v) is 5.41. The molecule has 1 aliphatic rings. The van der Waals surface area contributed by atoms with Gasteiger partial charge in [-0.1, -0.05) is 25.1 Å². The Bertz CT molecular complexity index is 886. The number of nitrogens with zero attached hydrogens (tertiary/aromatic N) is 4. The van der Waals surface area contributed by atoms with E-state index in [1.165, 1.54) is 11.3 Å². The maximum atomic E-state index is 12.5. The Morgan fingerprint density at radius 3 is 2.40 bits per heavy atom. The van der Waals surface area contributed by atoms with E-state index in [0.29, 0.717) is 13.1 Å². The lowest BCUT2D eigenvalue weighted by Crippen LogP contribution is -2.49. The minimum atomic E-state index is 0.134. The topological polar surface area (TPSA) is 49.3 Å². The van der Waals surface area contributed by atoms with Gasteiger partial charge in [0.1, 0.15) is 0 Å². The van der Waals surface area contributed by atoms with Crippen molar-refractivity contribution in [3.05, 3.63) is 52.3 Å². The number of carbonyl (C=O) groups excluding carboxylic acids is 1. The molecule has 0 aliphatic carbocycles. The van der Waals surface area contributed by atoms with Crippen LogP contribution in [0.15, 0.2) is 41.8 Å². The number of fused-ring (bicyclic) bond motifs is 1. The Hall–Kier alpha value is -2.47. The van der Waals surface area contributed by atoms with Gasteiger partial charge in [-0.3, -0.25) is 4.79 Å². The van der Waals surface area contributed by atoms with Crippen LogP contribution in [0.4, 0.5) is 5.82 Å². The minimum absolute atomic E-state index is 0.134. The van der Waals surface area contributed by atoms with Gasteiger partial charge in [-0.15, -0.1) is 11.3 Å². The van der Waals surface area contributed by atoms with Crippen molar-refractivity contribution < 1.29 is 4.79 Å². The molecule has 128 valence electrons. The van der Waals surface area contributed by atoms with Crippen LogP contribution in [-0.4, -0.2) is 47.0 Å². The predicted octanol–water partition coefficient (Wildman–Crippen LogP) is 3.22. The number of para-hydroxylation sites is 2. The highest BCUT2D eigenvalue weighted by molar-refractivity contribution is 7.12. The van der Waals surface area contributed by atoms with Crippen LogP contribution in [0.3, 0.4) is 0 Å². The summed E-state index contributed by atoms with van der Waals surface area (Å²) in [4.78, 5) is 27.1. The molecule has 5 nitrogen and oxygen atoms in total. The van der Waals surface area contributed by atoms with Gasteiger partial charge in [0.2, 0.25) is 0 Å². The number of anilines is 1. The number of aryl methyl sites for hydroxylation is 1. The number of aromatic nitrogens is 2. The summed E-state index contributed by atoms with van der Waals surface area (Å²) in [7, 11) is 0. The van der Waals surface area contributed by atoms with Gasteiger partial charge in [0.15, 0.2) is 5.82 Å². The fourth-order valence-corrected chi connectivity index (χ4v) is 3.89. The second kappa shape index (κ2) is 6.80. The fraction of sp³-hybridized carbons (Fsp3) is 0.316. The largest absolute Gasteiger partial charge is 0.352 e. The van der Waals surface area contributed by atoms with Crippen molar-refractivity contribution in [1.82, 2.24) is 14.9 Å². The summed E-state index contributed by atoms with van der Waals surface area (Å²) in [6.45, 7) is 5.12. The summed E-state index contributed by atoms with van der Waals surface area (Å²) in [6, 6.07) is 11.8. The second-order valence-corrected chi connectivity index (χ2v) is 7.04. The molecule has 4 rings (SSSR count). The van der Waals surface area contributed by atoms with E-state index < -0.39 is 0 Å². The number of thiophene rings is 1. The number of carbonyl (C=O) groups is 1. The van der Waals surface area contributed by atoms with Crippen LogP contribution in [0.25, 0.3) is 11.0 Å². The van der Waals surface area contributed by atoms with Crippen molar-refractivity contribution in [2.75, 3.05) is 31.1 Å². The Morgan fingerprint density at radius 2 is 1.76 bits per heavy atom. The van der Waals surface area contributed by atoms with Crippen molar-refractivity contribution in [3.63, 3.8) is 0 Å². The van der Waals surface area contributed by atoms with Gasteiger partial charge in [-0.25, -0.2) is 9.97 Å². The van der Waals surface area contributed by atoms with Crippen LogP contribution < -0.4 is 4.90 Å². The van der Waals surface area contributed by atoms with E-state index in [1.807, 2.05) is 46.7 Å². The lowest BCUT2D eigenvalue weighted by molar-refractivity contribution is 0.0751. The highest BCUT2D eigenvalue weighted by Gasteiger charge is 2.25. The summed E-state index contributed by atoms with van der Waals surface area (Å²) in [6.07, 6.45) is 0.849. The molecule has 1 fully saturated rings. The molecule has 1 aliphatic heterocycles. The van der Waals surface area contributed by atoms with Crippen molar-refractivity contribution in [2.45, 2.75) is 13.3 Å². The van der Waals surface area contributed by atoms with Gasteiger partial charge in [-0.2, -0.15) is 0 Å². The van der Waals surface area contributed by atoms with Crippen LogP contribution in [-0.2, 0) is 6.42 Å². The lowest BCUT2D eigenvalue weighted by Gasteiger charge is -2.35. The molecule has 2 aromatic heterocycles. The van der Waals surface area contributed by atoms with E-state index in [0.717, 1.165) is 46.9 Å². The molecule has 1 aromatic carbocycles. The number of benzene rings is 1. The molecule has 0 bridgehead atoms. The second-order valence-electron chi connectivity index (χ2n) is 6.09. The molecule has 0 unspecified atom stereocenters. The van der Waals surface area contributed by atoms with E-state index in [2.05, 4.69) is 11.8 Å². The molecular formula is C19H20N4OS. The molecule has 25 heavy (non-hydrogen) atoms. The van der Waals surface area contributed by atoms with Crippen LogP contribution in [0.1, 0.15) is 22.3 Å². The summed E-state index contributed by atoms with van der Waals surface area (Å²) in [5, 5.41) is 1.95. The average molecular weight is 352 g/mol. The van der Waals surface area contributed by atoms with E-state index in [1.54, 1.807) is 0 Å². The maximum absolute atomic E-state index is 12.5.